The van der Waals surface area contributed by atoms with Gasteiger partial charge in [0.15, 0.2) is 11.5 Å². The summed E-state index contributed by atoms with van der Waals surface area (Å²) >= 11 is 0. The molecule has 0 aromatic heterocycles. The predicted molar refractivity (Wildman–Crippen MR) is 126 cm³/mol. The summed E-state index contributed by atoms with van der Waals surface area (Å²) in [6.45, 7) is 3.94. The van der Waals surface area contributed by atoms with E-state index in [-0.39, 0.29) is 0 Å². The van der Waals surface area contributed by atoms with Gasteiger partial charge in [-0.1, -0.05) is 30.9 Å². The van der Waals surface area contributed by atoms with Gasteiger partial charge in [-0.15, -0.1) is 0 Å². The van der Waals surface area contributed by atoms with E-state index in [1.165, 1.54) is 13.3 Å². The maximum absolute atomic E-state index is 12.1. The van der Waals surface area contributed by atoms with Crippen LogP contribution in [0.3, 0.4) is 0 Å². The molecule has 0 radical (unpaired) electrons. The van der Waals surface area contributed by atoms with Crippen LogP contribution in [0.1, 0.15) is 5.56 Å². The standard InChI is InChI=1S/C25H23N3O5/c1-3-15-32-22-14-9-18(16-23(22)31-2)17-26-28-25(30)24(29)27-19-10-12-21(13-11-19)33-20-7-5-4-6-8-20/h3-14,16-17H,1,15H2,2H3,(H,27,29)(H,28,30)/b26-17+. The molecule has 0 aliphatic carbocycles. The normalized spacial score (nSPS) is 10.3. The van der Waals surface area contributed by atoms with Gasteiger partial charge in [0.2, 0.25) is 0 Å². The van der Waals surface area contributed by atoms with Gasteiger partial charge >= 0.3 is 11.8 Å². The van der Waals surface area contributed by atoms with E-state index in [0.29, 0.717) is 40.9 Å². The third-order valence-electron chi connectivity index (χ3n) is 4.22. The maximum Gasteiger partial charge on any atom is 0.329 e. The molecule has 0 unspecified atom stereocenters. The SMILES string of the molecule is C=CCOc1ccc(/C=N/NC(=O)C(=O)Nc2ccc(Oc3ccccc3)cc2)cc1OC. The number of hydrazone groups is 1. The third kappa shape index (κ3) is 6.96. The van der Waals surface area contributed by atoms with Crippen molar-refractivity contribution in [3.05, 3.63) is 91.0 Å². The van der Waals surface area contributed by atoms with Gasteiger partial charge in [0.1, 0.15) is 18.1 Å². The number of nitrogens with one attached hydrogen (secondary N) is 2. The number of para-hydroxylation sites is 1. The zero-order chi connectivity index (χ0) is 23.5. The lowest BCUT2D eigenvalue weighted by Gasteiger charge is -2.09. The van der Waals surface area contributed by atoms with E-state index in [9.17, 15) is 9.59 Å². The average Bonchev–Trinajstić information content (AvgIpc) is 2.84. The second-order valence-electron chi connectivity index (χ2n) is 6.60. The highest BCUT2D eigenvalue weighted by atomic mass is 16.5. The van der Waals surface area contributed by atoms with Gasteiger partial charge in [-0.3, -0.25) is 9.59 Å². The van der Waals surface area contributed by atoms with E-state index in [1.54, 1.807) is 48.5 Å². The van der Waals surface area contributed by atoms with Crippen molar-refractivity contribution in [2.24, 2.45) is 5.10 Å². The number of hydrogen-bond donors (Lipinski definition) is 2. The van der Waals surface area contributed by atoms with Crippen molar-refractivity contribution in [3.63, 3.8) is 0 Å². The number of nitrogens with zero attached hydrogens (tertiary/aromatic N) is 1. The van der Waals surface area contributed by atoms with Gasteiger partial charge in [-0.2, -0.15) is 5.10 Å². The Balaban J connectivity index is 1.51. The molecule has 3 aromatic carbocycles. The smallest absolute Gasteiger partial charge is 0.329 e. The Morgan fingerprint density at radius 2 is 1.67 bits per heavy atom. The molecular formula is C25H23N3O5. The minimum Gasteiger partial charge on any atom is -0.493 e. The first-order chi connectivity index (χ1) is 16.1. The van der Waals surface area contributed by atoms with Crippen LogP contribution in [0.5, 0.6) is 23.0 Å². The molecule has 0 heterocycles. The van der Waals surface area contributed by atoms with Crippen molar-refractivity contribution in [2.75, 3.05) is 19.0 Å². The zero-order valence-corrected chi connectivity index (χ0v) is 18.0. The molecule has 0 saturated heterocycles. The summed E-state index contributed by atoms with van der Waals surface area (Å²) in [7, 11) is 1.52. The molecule has 0 aliphatic rings. The van der Waals surface area contributed by atoms with Crippen LogP contribution in [0.25, 0.3) is 0 Å². The number of anilines is 1. The van der Waals surface area contributed by atoms with E-state index in [4.69, 9.17) is 14.2 Å². The summed E-state index contributed by atoms with van der Waals surface area (Å²) in [6.07, 6.45) is 3.02. The van der Waals surface area contributed by atoms with Crippen molar-refractivity contribution in [2.45, 2.75) is 0 Å². The number of carbonyl (C=O) groups excluding carboxylic acids is 2. The molecule has 3 rings (SSSR count). The molecule has 3 aromatic rings. The lowest BCUT2D eigenvalue weighted by Crippen LogP contribution is -2.32. The first-order valence-electron chi connectivity index (χ1n) is 9.98. The molecule has 2 amide bonds. The molecule has 33 heavy (non-hydrogen) atoms. The van der Waals surface area contributed by atoms with E-state index in [1.807, 2.05) is 30.3 Å². The predicted octanol–water partition coefficient (Wildman–Crippen LogP) is 4.14. The van der Waals surface area contributed by atoms with Crippen LogP contribution >= 0.6 is 0 Å². The summed E-state index contributed by atoms with van der Waals surface area (Å²) in [6, 6.07) is 21.1. The molecule has 0 spiro atoms. The number of hydrogen-bond acceptors (Lipinski definition) is 6. The zero-order valence-electron chi connectivity index (χ0n) is 18.0. The first kappa shape index (κ1) is 23.1. The fourth-order valence-electron chi connectivity index (χ4n) is 2.67. The molecule has 0 saturated carbocycles. The number of amides is 2. The van der Waals surface area contributed by atoms with E-state index in [0.717, 1.165) is 0 Å². The quantitative estimate of drug-likeness (QED) is 0.223. The molecule has 8 nitrogen and oxygen atoms in total. The van der Waals surface area contributed by atoms with Crippen molar-refractivity contribution in [1.82, 2.24) is 5.43 Å². The lowest BCUT2D eigenvalue weighted by atomic mass is 10.2. The van der Waals surface area contributed by atoms with Crippen LogP contribution in [0.4, 0.5) is 5.69 Å². The second-order valence-corrected chi connectivity index (χ2v) is 6.60. The van der Waals surface area contributed by atoms with Crippen LogP contribution in [-0.2, 0) is 9.59 Å². The van der Waals surface area contributed by atoms with Gasteiger partial charge in [0.05, 0.1) is 13.3 Å². The number of rotatable bonds is 9. The molecule has 0 aliphatic heterocycles. The molecule has 2 N–H and O–H groups in total. The Hall–Kier alpha value is -4.59. The number of carbonyl (C=O) groups is 2. The minimum absolute atomic E-state index is 0.345. The first-order valence-corrected chi connectivity index (χ1v) is 9.98. The maximum atomic E-state index is 12.1. The summed E-state index contributed by atoms with van der Waals surface area (Å²) in [5.74, 6) is 0.596. The lowest BCUT2D eigenvalue weighted by molar-refractivity contribution is -0.136. The van der Waals surface area contributed by atoms with Crippen LogP contribution in [0.15, 0.2) is 90.6 Å². The monoisotopic (exact) mass is 445 g/mol. The Labute approximate surface area is 191 Å². The van der Waals surface area contributed by atoms with E-state index in [2.05, 4.69) is 22.4 Å². The van der Waals surface area contributed by atoms with Crippen LogP contribution in [0.2, 0.25) is 0 Å². The van der Waals surface area contributed by atoms with Crippen LogP contribution in [0, 0.1) is 0 Å². The molecule has 8 heteroatoms. The van der Waals surface area contributed by atoms with E-state index >= 15 is 0 Å². The number of benzene rings is 3. The minimum atomic E-state index is -0.909. The highest BCUT2D eigenvalue weighted by molar-refractivity contribution is 6.39. The molecule has 0 atom stereocenters. The Morgan fingerprint density at radius 3 is 2.36 bits per heavy atom. The highest BCUT2D eigenvalue weighted by Crippen LogP contribution is 2.27. The Bertz CT molecular complexity index is 1130. The van der Waals surface area contributed by atoms with Crippen molar-refractivity contribution in [1.29, 1.82) is 0 Å². The summed E-state index contributed by atoms with van der Waals surface area (Å²) in [5, 5.41) is 6.32. The molecule has 0 fully saturated rings. The Morgan fingerprint density at radius 1 is 0.939 bits per heavy atom. The summed E-state index contributed by atoms with van der Waals surface area (Å²) in [5.41, 5.74) is 3.28. The Kier molecular flexibility index (Phi) is 8.19. The van der Waals surface area contributed by atoms with Crippen molar-refractivity contribution in [3.8, 4) is 23.0 Å². The van der Waals surface area contributed by atoms with E-state index < -0.39 is 11.8 Å². The molecule has 0 bridgehead atoms. The van der Waals surface area contributed by atoms with Crippen LogP contribution < -0.4 is 25.0 Å². The summed E-state index contributed by atoms with van der Waals surface area (Å²) in [4.78, 5) is 24.1. The number of ether oxygens (including phenoxy) is 3. The van der Waals surface area contributed by atoms with Crippen molar-refractivity contribution < 1.29 is 23.8 Å². The van der Waals surface area contributed by atoms with Crippen molar-refractivity contribution >= 4 is 23.7 Å². The largest absolute Gasteiger partial charge is 0.493 e. The van der Waals surface area contributed by atoms with Gasteiger partial charge in [0, 0.05) is 5.69 Å². The second kappa shape index (κ2) is 11.7. The highest BCUT2D eigenvalue weighted by Gasteiger charge is 2.13. The topological polar surface area (TPSA) is 98.2 Å². The fraction of sp³-hybridized carbons (Fsp3) is 0.0800. The van der Waals surface area contributed by atoms with Gasteiger partial charge in [-0.05, 0) is 60.2 Å². The summed E-state index contributed by atoms with van der Waals surface area (Å²) < 4.78 is 16.4. The van der Waals surface area contributed by atoms with Gasteiger partial charge in [0.25, 0.3) is 0 Å². The average molecular weight is 445 g/mol. The van der Waals surface area contributed by atoms with Crippen LogP contribution in [-0.4, -0.2) is 31.7 Å². The fourth-order valence-corrected chi connectivity index (χ4v) is 2.67. The third-order valence-corrected chi connectivity index (χ3v) is 4.22. The molecule has 168 valence electrons. The van der Waals surface area contributed by atoms with Gasteiger partial charge < -0.3 is 19.5 Å². The number of methoxy groups -OCH3 is 1. The van der Waals surface area contributed by atoms with Gasteiger partial charge in [-0.25, -0.2) is 5.43 Å². The molecular weight excluding hydrogens is 422 g/mol.